The van der Waals surface area contributed by atoms with E-state index in [0.29, 0.717) is 32.4 Å². The fraction of sp³-hybridized carbons (Fsp3) is 0.484. The Bertz CT molecular complexity index is 1270. The summed E-state index contributed by atoms with van der Waals surface area (Å²) in [6.45, 7) is 10.4. The fourth-order valence-electron chi connectivity index (χ4n) is 5.44. The number of nitrogens with two attached hydrogens (primary N) is 1. The first kappa shape index (κ1) is 29.3. The predicted molar refractivity (Wildman–Crippen MR) is 157 cm³/mol. The molecule has 2 aromatic rings. The number of carbonyl (C=O) groups is 3. The number of fused-ring (bicyclic) bond motifs is 1. The molecule has 0 spiro atoms. The average Bonchev–Trinajstić information content (AvgIpc) is 3.33. The summed E-state index contributed by atoms with van der Waals surface area (Å²) in [4.78, 5) is 47.8. The number of amides is 3. The van der Waals surface area contributed by atoms with E-state index in [4.69, 9.17) is 5.73 Å². The monoisotopic (exact) mass is 546 g/mol. The fourth-order valence-corrected chi connectivity index (χ4v) is 5.44. The van der Waals surface area contributed by atoms with Gasteiger partial charge in [0.25, 0.3) is 0 Å². The van der Waals surface area contributed by atoms with Gasteiger partial charge in [-0.3, -0.25) is 19.4 Å². The highest BCUT2D eigenvalue weighted by Gasteiger charge is 2.37. The zero-order valence-electron chi connectivity index (χ0n) is 24.2. The SMILES string of the molecule is C/C=C1/C(NC(=O)[C@@H](CC(C)C)NC(=O)C(C)(C)N)Cc2cccc(N3CCCC3=O)c2N1Cc1ccccn1. The largest absolute Gasteiger partial charge is 0.346 e. The molecule has 0 saturated carbocycles. The van der Waals surface area contributed by atoms with Gasteiger partial charge in [-0.1, -0.05) is 38.1 Å². The first-order valence-electron chi connectivity index (χ1n) is 14.2. The van der Waals surface area contributed by atoms with Crippen LogP contribution in [0.1, 0.15) is 65.1 Å². The van der Waals surface area contributed by atoms with Gasteiger partial charge in [-0.25, -0.2) is 0 Å². The summed E-state index contributed by atoms with van der Waals surface area (Å²) < 4.78 is 0. The van der Waals surface area contributed by atoms with Crippen LogP contribution in [0.25, 0.3) is 0 Å². The second-order valence-corrected chi connectivity index (χ2v) is 11.7. The summed E-state index contributed by atoms with van der Waals surface area (Å²) in [6.07, 6.45) is 6.20. The van der Waals surface area contributed by atoms with Gasteiger partial charge in [-0.15, -0.1) is 0 Å². The third-order valence-electron chi connectivity index (χ3n) is 7.40. The van der Waals surface area contributed by atoms with Gasteiger partial charge in [0.15, 0.2) is 0 Å². The topological polar surface area (TPSA) is 121 Å². The lowest BCUT2D eigenvalue weighted by Gasteiger charge is -2.41. The standard InChI is InChI=1S/C31H42N6O3/c1-6-25-23(34-29(39)24(17-20(2)3)35-30(40)31(4,5)32)18-21-11-9-13-26(36-16-10-14-27(36)38)28(21)37(25)19-22-12-7-8-15-33-22/h6-9,11-13,15,20,23-24H,10,14,16-19,32H2,1-5H3,(H,34,39)(H,35,40)/b25-6-/t23?,24-/m1/s1. The molecule has 4 rings (SSSR count). The molecular weight excluding hydrogens is 504 g/mol. The van der Waals surface area contributed by atoms with Crippen LogP contribution in [0.15, 0.2) is 54.4 Å². The predicted octanol–water partition coefficient (Wildman–Crippen LogP) is 3.43. The van der Waals surface area contributed by atoms with Gasteiger partial charge in [0.05, 0.1) is 35.2 Å². The van der Waals surface area contributed by atoms with E-state index >= 15 is 0 Å². The molecule has 9 nitrogen and oxygen atoms in total. The van der Waals surface area contributed by atoms with Crippen LogP contribution in [-0.2, 0) is 27.3 Å². The van der Waals surface area contributed by atoms with Gasteiger partial charge in [0, 0.05) is 31.3 Å². The molecule has 1 aromatic heterocycles. The normalized spacial score (nSPS) is 19.1. The summed E-state index contributed by atoms with van der Waals surface area (Å²) in [5.74, 6) is -0.307. The van der Waals surface area contributed by atoms with Gasteiger partial charge in [0.1, 0.15) is 6.04 Å². The Morgan fingerprint density at radius 1 is 1.20 bits per heavy atom. The van der Waals surface area contributed by atoms with Crippen LogP contribution in [0.4, 0.5) is 11.4 Å². The zero-order chi connectivity index (χ0) is 29.0. The number of carbonyl (C=O) groups excluding carboxylic acids is 3. The molecule has 1 aromatic carbocycles. The molecule has 4 N–H and O–H groups in total. The van der Waals surface area contributed by atoms with E-state index in [2.05, 4.69) is 26.6 Å². The van der Waals surface area contributed by atoms with Crippen molar-refractivity contribution in [3.63, 3.8) is 0 Å². The maximum Gasteiger partial charge on any atom is 0.243 e. The summed E-state index contributed by atoms with van der Waals surface area (Å²) in [7, 11) is 0. The highest BCUT2D eigenvalue weighted by Crippen LogP contribution is 2.42. The number of benzene rings is 1. The minimum atomic E-state index is -1.10. The van der Waals surface area contributed by atoms with Crippen LogP contribution in [0, 0.1) is 5.92 Å². The number of hydrogen-bond donors (Lipinski definition) is 3. The van der Waals surface area contributed by atoms with Gasteiger partial charge in [0.2, 0.25) is 17.7 Å². The highest BCUT2D eigenvalue weighted by molar-refractivity contribution is 6.00. The molecule has 3 heterocycles. The molecule has 1 unspecified atom stereocenters. The lowest BCUT2D eigenvalue weighted by molar-refractivity contribution is -0.131. The number of hydrogen-bond acceptors (Lipinski definition) is 6. The molecule has 1 fully saturated rings. The second kappa shape index (κ2) is 12.2. The smallest absolute Gasteiger partial charge is 0.243 e. The van der Waals surface area contributed by atoms with E-state index in [0.717, 1.165) is 34.8 Å². The lowest BCUT2D eigenvalue weighted by Crippen LogP contribution is -2.58. The van der Waals surface area contributed by atoms with Crippen molar-refractivity contribution in [2.75, 3.05) is 16.3 Å². The second-order valence-electron chi connectivity index (χ2n) is 11.7. The average molecular weight is 547 g/mol. The Hall–Kier alpha value is -3.72. The van der Waals surface area contributed by atoms with Crippen LogP contribution in [0.5, 0.6) is 0 Å². The molecular formula is C31H42N6O3. The molecule has 214 valence electrons. The number of pyridine rings is 1. The van der Waals surface area contributed by atoms with Gasteiger partial charge >= 0.3 is 0 Å². The Balaban J connectivity index is 1.70. The number of aromatic nitrogens is 1. The number of nitrogens with zero attached hydrogens (tertiary/aromatic N) is 3. The first-order valence-corrected chi connectivity index (χ1v) is 14.2. The molecule has 0 aliphatic carbocycles. The summed E-state index contributed by atoms with van der Waals surface area (Å²) >= 11 is 0. The third-order valence-corrected chi connectivity index (χ3v) is 7.40. The Kier molecular flexibility index (Phi) is 8.93. The molecule has 1 saturated heterocycles. The van der Waals surface area contributed by atoms with E-state index < -0.39 is 11.6 Å². The van der Waals surface area contributed by atoms with E-state index in [1.165, 1.54) is 0 Å². The third kappa shape index (κ3) is 6.53. The van der Waals surface area contributed by atoms with E-state index in [1.54, 1.807) is 20.0 Å². The van der Waals surface area contributed by atoms with E-state index in [9.17, 15) is 14.4 Å². The van der Waals surface area contributed by atoms with Crippen LogP contribution < -0.4 is 26.2 Å². The molecule has 40 heavy (non-hydrogen) atoms. The molecule has 3 amide bonds. The summed E-state index contributed by atoms with van der Waals surface area (Å²) in [5.41, 5.74) is 9.60. The van der Waals surface area contributed by atoms with Crippen LogP contribution in [0.3, 0.4) is 0 Å². The molecule has 2 aliphatic rings. The van der Waals surface area contributed by atoms with E-state index in [-0.39, 0.29) is 29.7 Å². The number of nitrogens with one attached hydrogen (secondary N) is 2. The first-order chi connectivity index (χ1) is 19.0. The quantitative estimate of drug-likeness (QED) is 0.443. The Morgan fingerprint density at radius 3 is 2.58 bits per heavy atom. The van der Waals surface area contributed by atoms with Crippen LogP contribution >= 0.6 is 0 Å². The minimum Gasteiger partial charge on any atom is -0.346 e. The van der Waals surface area contributed by atoms with Gasteiger partial charge in [-0.05, 0) is 63.3 Å². The van der Waals surface area contributed by atoms with Crippen LogP contribution in [-0.4, -0.2) is 46.9 Å². The molecule has 0 bridgehead atoms. The van der Waals surface area contributed by atoms with Crippen LogP contribution in [0.2, 0.25) is 0 Å². The highest BCUT2D eigenvalue weighted by atomic mass is 16.2. The van der Waals surface area contributed by atoms with E-state index in [1.807, 2.05) is 62.1 Å². The number of para-hydroxylation sites is 1. The van der Waals surface area contributed by atoms with Gasteiger partial charge in [-0.2, -0.15) is 0 Å². The van der Waals surface area contributed by atoms with Crippen molar-refractivity contribution < 1.29 is 14.4 Å². The minimum absolute atomic E-state index is 0.124. The summed E-state index contributed by atoms with van der Waals surface area (Å²) in [6, 6.07) is 10.8. The van der Waals surface area contributed by atoms with Crippen molar-refractivity contribution in [3.05, 3.63) is 65.6 Å². The number of rotatable bonds is 9. The lowest BCUT2D eigenvalue weighted by atomic mass is 9.92. The van der Waals surface area contributed by atoms with Crippen molar-refractivity contribution in [1.82, 2.24) is 15.6 Å². The molecule has 2 atom stereocenters. The van der Waals surface area contributed by atoms with Crippen molar-refractivity contribution in [1.29, 1.82) is 0 Å². The molecule has 0 radical (unpaired) electrons. The molecule has 9 heteroatoms. The van der Waals surface area contributed by atoms with Gasteiger partial charge < -0.3 is 26.2 Å². The van der Waals surface area contributed by atoms with Crippen molar-refractivity contribution in [3.8, 4) is 0 Å². The zero-order valence-corrected chi connectivity index (χ0v) is 24.2. The molecule has 2 aliphatic heterocycles. The maximum atomic E-state index is 13.7. The number of allylic oxidation sites excluding steroid dienone is 1. The Morgan fingerprint density at radius 2 is 1.98 bits per heavy atom. The van der Waals surface area contributed by atoms with Crippen molar-refractivity contribution >= 4 is 29.1 Å². The summed E-state index contributed by atoms with van der Waals surface area (Å²) in [5, 5.41) is 6.10. The van der Waals surface area contributed by atoms with Crippen molar-refractivity contribution in [2.45, 2.75) is 84.5 Å². The van der Waals surface area contributed by atoms with Crippen molar-refractivity contribution in [2.24, 2.45) is 11.7 Å². The number of anilines is 2. The maximum absolute atomic E-state index is 13.7. The Labute approximate surface area is 237 Å².